The summed E-state index contributed by atoms with van der Waals surface area (Å²) in [5.41, 5.74) is -3.86. The third kappa shape index (κ3) is 8.55. The quantitative estimate of drug-likeness (QED) is 0.134. The summed E-state index contributed by atoms with van der Waals surface area (Å²) in [6, 6.07) is 0. The average Bonchev–Trinajstić information content (AvgIpc) is 3.35. The molecule has 4 aliphatic heterocycles. The van der Waals surface area contributed by atoms with Gasteiger partial charge in [-0.25, -0.2) is 0 Å². The number of carbonyl (C=O) groups is 3. The monoisotopic (exact) mass is 730 g/mol. The predicted molar refractivity (Wildman–Crippen MR) is 179 cm³/mol. The van der Waals surface area contributed by atoms with E-state index in [9.17, 15) is 14.4 Å². The second-order valence-corrected chi connectivity index (χ2v) is 17.5. The van der Waals surface area contributed by atoms with E-state index < -0.39 is 40.4 Å². The van der Waals surface area contributed by atoms with E-state index in [4.69, 9.17) is 33.2 Å². The fourth-order valence-corrected chi connectivity index (χ4v) is 8.82. The molecule has 0 saturated carbocycles. The Morgan fingerprint density at radius 1 is 0.766 bits per heavy atom. The molecule has 0 amide bonds. The molecule has 0 N–H and O–H groups in total. The summed E-state index contributed by atoms with van der Waals surface area (Å²) in [5, 5.41) is 0. The Morgan fingerprint density at radius 3 is 1.98 bits per heavy atom. The highest BCUT2D eigenvalue weighted by Crippen LogP contribution is 2.50. The molecule has 0 aliphatic carbocycles. The van der Waals surface area contributed by atoms with Crippen LogP contribution in [0, 0.1) is 0 Å². The maximum Gasteiger partial charge on any atom is 0.303 e. The first-order valence-corrected chi connectivity index (χ1v) is 18.4. The van der Waals surface area contributed by atoms with Crippen molar-refractivity contribution in [3.63, 3.8) is 0 Å². The molecule has 10 atom stereocenters. The van der Waals surface area contributed by atoms with Crippen LogP contribution in [0.1, 0.15) is 140 Å². The number of hydrogen-bond acceptors (Lipinski definition) is 10. The minimum atomic E-state index is -0.978. The van der Waals surface area contributed by atoms with Crippen molar-refractivity contribution in [1.29, 1.82) is 0 Å². The standard InChI is InChI=1S/C36H59BrO10/c1-22(38)41-28(34(9)19-15-26(45-34)32(6,7)43-23(2)39)16-21-35(10,44-24(3)40)30-13-12-27-33(8,46-30)20-17-29(42-27)36(11)18-14-25(37)31(4,5)47-36/h25-30H,12-21H2,1-11H3/t25-,26+,27-,28+,29-,30?,33+,34+,35-,36+/m0/s1. The van der Waals surface area contributed by atoms with Crippen molar-refractivity contribution in [3.8, 4) is 0 Å². The number of rotatable bonds is 10. The van der Waals surface area contributed by atoms with Gasteiger partial charge in [0.2, 0.25) is 0 Å². The van der Waals surface area contributed by atoms with Crippen LogP contribution in [-0.4, -0.2) is 86.9 Å². The van der Waals surface area contributed by atoms with Gasteiger partial charge in [-0.2, -0.15) is 0 Å². The Hall–Kier alpha value is -1.27. The highest BCUT2D eigenvalue weighted by Gasteiger charge is 2.57. The van der Waals surface area contributed by atoms with Gasteiger partial charge in [0.1, 0.15) is 22.9 Å². The van der Waals surface area contributed by atoms with Gasteiger partial charge in [-0.15, -0.1) is 0 Å². The van der Waals surface area contributed by atoms with Crippen molar-refractivity contribution in [2.45, 2.75) is 209 Å². The van der Waals surface area contributed by atoms with Gasteiger partial charge >= 0.3 is 17.9 Å². The molecular formula is C36H59BrO10. The Bertz CT molecular complexity index is 1170. The molecule has 1 unspecified atom stereocenters. The van der Waals surface area contributed by atoms with Crippen LogP contribution >= 0.6 is 15.9 Å². The Morgan fingerprint density at radius 2 is 1.38 bits per heavy atom. The lowest BCUT2D eigenvalue weighted by Gasteiger charge is -2.56. The Kier molecular flexibility index (Phi) is 11.3. The summed E-state index contributed by atoms with van der Waals surface area (Å²) in [6.07, 6.45) is 5.48. The highest BCUT2D eigenvalue weighted by atomic mass is 79.9. The van der Waals surface area contributed by atoms with Crippen molar-refractivity contribution >= 4 is 33.8 Å². The first-order chi connectivity index (χ1) is 21.5. The van der Waals surface area contributed by atoms with E-state index in [0.29, 0.717) is 36.9 Å². The van der Waals surface area contributed by atoms with Crippen molar-refractivity contribution in [2.24, 2.45) is 0 Å². The lowest BCUT2D eigenvalue weighted by Crippen LogP contribution is -2.64. The minimum absolute atomic E-state index is 0.0360. The van der Waals surface area contributed by atoms with E-state index in [1.807, 2.05) is 27.7 Å². The van der Waals surface area contributed by atoms with Crippen molar-refractivity contribution in [3.05, 3.63) is 0 Å². The number of esters is 3. The van der Waals surface area contributed by atoms with Crippen LogP contribution in [-0.2, 0) is 47.5 Å². The van der Waals surface area contributed by atoms with Crippen LogP contribution < -0.4 is 0 Å². The number of carbonyl (C=O) groups excluding carboxylic acids is 3. The van der Waals surface area contributed by atoms with Gasteiger partial charge in [0.25, 0.3) is 0 Å². The molecule has 4 heterocycles. The molecule has 47 heavy (non-hydrogen) atoms. The van der Waals surface area contributed by atoms with Crippen molar-refractivity contribution in [2.75, 3.05) is 0 Å². The maximum atomic E-state index is 12.5. The van der Waals surface area contributed by atoms with Gasteiger partial charge in [-0.05, 0) is 120 Å². The van der Waals surface area contributed by atoms with Gasteiger partial charge < -0.3 is 33.2 Å². The molecule has 270 valence electrons. The van der Waals surface area contributed by atoms with Crippen LogP contribution in [0.4, 0.5) is 0 Å². The van der Waals surface area contributed by atoms with Gasteiger partial charge in [0.15, 0.2) is 0 Å². The number of hydrogen-bond donors (Lipinski definition) is 0. The Balaban J connectivity index is 1.47. The molecule has 0 spiro atoms. The summed E-state index contributed by atoms with van der Waals surface area (Å²) in [4.78, 5) is 36.9. The molecule has 0 aromatic rings. The molecule has 0 aromatic carbocycles. The van der Waals surface area contributed by atoms with Gasteiger partial charge in [0.05, 0.1) is 41.2 Å². The molecule has 0 aromatic heterocycles. The molecule has 4 fully saturated rings. The van der Waals surface area contributed by atoms with Crippen LogP contribution in [0.25, 0.3) is 0 Å². The predicted octanol–water partition coefficient (Wildman–Crippen LogP) is 6.90. The Labute approximate surface area is 290 Å². The zero-order valence-corrected chi connectivity index (χ0v) is 32.1. The SMILES string of the molecule is CC(=O)O[C@H](CC[C@](C)(OC(C)=O)C1CC[C@@H]2O[C@H]([C@@]3(C)CC[C@H](Br)C(C)(C)O3)CC[C@@]2(C)O1)[C@@]1(C)CC[C@H](C(C)(C)OC(C)=O)O1. The third-order valence-electron chi connectivity index (χ3n) is 11.3. The molecule has 4 aliphatic rings. The molecule has 0 radical (unpaired) electrons. The molecule has 10 nitrogen and oxygen atoms in total. The largest absolute Gasteiger partial charge is 0.459 e. The van der Waals surface area contributed by atoms with Gasteiger partial charge in [-0.3, -0.25) is 14.4 Å². The number of fused-ring (bicyclic) bond motifs is 1. The van der Waals surface area contributed by atoms with E-state index in [-0.39, 0.29) is 41.6 Å². The summed E-state index contributed by atoms with van der Waals surface area (Å²) in [5.74, 6) is -1.19. The van der Waals surface area contributed by atoms with E-state index in [1.54, 1.807) is 0 Å². The first kappa shape index (κ1) is 38.5. The number of ether oxygens (including phenoxy) is 7. The zero-order chi connectivity index (χ0) is 35.2. The lowest BCUT2D eigenvalue weighted by atomic mass is 9.75. The minimum Gasteiger partial charge on any atom is -0.459 e. The summed E-state index contributed by atoms with van der Waals surface area (Å²) >= 11 is 3.80. The van der Waals surface area contributed by atoms with E-state index in [2.05, 4.69) is 43.6 Å². The summed E-state index contributed by atoms with van der Waals surface area (Å²) < 4.78 is 44.4. The fraction of sp³-hybridized carbons (Fsp3) is 0.917. The van der Waals surface area contributed by atoms with Crippen molar-refractivity contribution in [1.82, 2.24) is 0 Å². The summed E-state index contributed by atoms with van der Waals surface area (Å²) in [7, 11) is 0. The van der Waals surface area contributed by atoms with Crippen molar-refractivity contribution < 1.29 is 47.5 Å². The van der Waals surface area contributed by atoms with E-state index in [0.717, 1.165) is 32.1 Å². The number of alkyl halides is 1. The van der Waals surface area contributed by atoms with Crippen LogP contribution in [0.5, 0.6) is 0 Å². The molecule has 4 rings (SSSR count). The highest BCUT2D eigenvalue weighted by molar-refractivity contribution is 9.09. The molecule has 0 bridgehead atoms. The topological polar surface area (TPSA) is 116 Å². The number of halogens is 1. The second-order valence-electron chi connectivity index (χ2n) is 16.4. The second kappa shape index (κ2) is 13.8. The third-order valence-corrected chi connectivity index (χ3v) is 12.8. The molecule has 4 saturated heterocycles. The van der Waals surface area contributed by atoms with E-state index in [1.165, 1.54) is 20.8 Å². The van der Waals surface area contributed by atoms with Crippen LogP contribution in [0.15, 0.2) is 0 Å². The normalized spacial score (nSPS) is 39.2. The maximum absolute atomic E-state index is 12.5. The smallest absolute Gasteiger partial charge is 0.303 e. The lowest BCUT2D eigenvalue weighted by molar-refractivity contribution is -0.302. The average molecular weight is 732 g/mol. The van der Waals surface area contributed by atoms with Crippen LogP contribution in [0.2, 0.25) is 0 Å². The first-order valence-electron chi connectivity index (χ1n) is 17.4. The van der Waals surface area contributed by atoms with Gasteiger partial charge in [-0.1, -0.05) is 15.9 Å². The summed E-state index contributed by atoms with van der Waals surface area (Å²) in [6.45, 7) is 20.2. The van der Waals surface area contributed by atoms with Crippen LogP contribution in [0.3, 0.4) is 0 Å². The molecular weight excluding hydrogens is 672 g/mol. The fourth-order valence-electron chi connectivity index (χ4n) is 8.50. The zero-order valence-electron chi connectivity index (χ0n) is 30.5. The van der Waals surface area contributed by atoms with E-state index >= 15 is 0 Å². The molecule has 11 heteroatoms. The van der Waals surface area contributed by atoms with Gasteiger partial charge in [0, 0.05) is 25.6 Å².